The van der Waals surface area contributed by atoms with E-state index in [9.17, 15) is 4.79 Å². The Morgan fingerprint density at radius 3 is 2.79 bits per heavy atom. The van der Waals surface area contributed by atoms with Crippen molar-refractivity contribution in [2.75, 3.05) is 20.5 Å². The Kier molecular flexibility index (Phi) is 4.33. The van der Waals surface area contributed by atoms with Gasteiger partial charge in [0, 0.05) is 31.5 Å². The van der Waals surface area contributed by atoms with E-state index in [0.29, 0.717) is 17.9 Å². The van der Waals surface area contributed by atoms with Gasteiger partial charge in [-0.1, -0.05) is 6.07 Å². The number of methoxy groups -OCH3 is 1. The lowest BCUT2D eigenvalue weighted by Crippen LogP contribution is -2.30. The minimum Gasteiger partial charge on any atom is -0.454 e. The first-order chi connectivity index (χ1) is 14.2. The van der Waals surface area contributed by atoms with E-state index in [-0.39, 0.29) is 25.3 Å². The van der Waals surface area contributed by atoms with E-state index >= 15 is 0 Å². The molecule has 8 heteroatoms. The second kappa shape index (κ2) is 7.14. The maximum Gasteiger partial charge on any atom is 0.269 e. The summed E-state index contributed by atoms with van der Waals surface area (Å²) in [4.78, 5) is 21.4. The standard InChI is InChI=1S/C21H18N4O4/c1-27-11-21(26)25-18(14-2-4-15-17(8-14)23-7-6-22-15)10-16(24-25)13-3-5-19-20(9-13)29-12-28-19/h2-9,18H,10-12H2,1H3/t18-/m1/s1. The van der Waals surface area contributed by atoms with E-state index in [1.165, 1.54) is 12.1 Å². The number of carbonyl (C=O) groups excluding carboxylic acids is 1. The average Bonchev–Trinajstić information content (AvgIpc) is 3.40. The fraction of sp³-hybridized carbons (Fsp3) is 0.238. The quantitative estimate of drug-likeness (QED) is 0.681. The van der Waals surface area contributed by atoms with Gasteiger partial charge in [-0.2, -0.15) is 5.10 Å². The summed E-state index contributed by atoms with van der Waals surface area (Å²) < 4.78 is 15.9. The number of hydrogen-bond donors (Lipinski definition) is 0. The maximum atomic E-state index is 12.7. The van der Waals surface area contributed by atoms with Gasteiger partial charge in [-0.05, 0) is 35.9 Å². The van der Waals surface area contributed by atoms with Crippen LogP contribution in [0.5, 0.6) is 11.5 Å². The Balaban J connectivity index is 1.51. The van der Waals surface area contributed by atoms with E-state index < -0.39 is 0 Å². The van der Waals surface area contributed by atoms with Crippen LogP contribution in [0.1, 0.15) is 23.6 Å². The highest BCUT2D eigenvalue weighted by atomic mass is 16.7. The summed E-state index contributed by atoms with van der Waals surface area (Å²) in [6, 6.07) is 11.3. The Hall–Kier alpha value is -3.52. The highest BCUT2D eigenvalue weighted by Gasteiger charge is 2.33. The summed E-state index contributed by atoms with van der Waals surface area (Å²) in [7, 11) is 1.50. The molecule has 1 atom stereocenters. The van der Waals surface area contributed by atoms with Crippen LogP contribution in [0, 0.1) is 0 Å². The third-order valence-electron chi connectivity index (χ3n) is 5.02. The molecule has 3 aromatic rings. The van der Waals surface area contributed by atoms with Gasteiger partial charge in [0.25, 0.3) is 5.91 Å². The normalized spacial score (nSPS) is 17.6. The van der Waals surface area contributed by atoms with Gasteiger partial charge in [-0.25, -0.2) is 5.01 Å². The third kappa shape index (κ3) is 3.17. The zero-order chi connectivity index (χ0) is 19.8. The van der Waals surface area contributed by atoms with Gasteiger partial charge >= 0.3 is 0 Å². The molecule has 146 valence electrons. The molecule has 8 nitrogen and oxygen atoms in total. The molecule has 0 aliphatic carbocycles. The molecule has 2 aliphatic heterocycles. The molecule has 0 bridgehead atoms. The SMILES string of the molecule is COCC(=O)N1N=C(c2ccc3c(c2)OCO3)C[C@@H]1c1ccc2nccnc2c1. The second-order valence-electron chi connectivity index (χ2n) is 6.81. The summed E-state index contributed by atoms with van der Waals surface area (Å²) in [5.41, 5.74) is 4.23. The monoisotopic (exact) mass is 390 g/mol. The molecule has 0 saturated carbocycles. The summed E-state index contributed by atoms with van der Waals surface area (Å²) in [6.45, 7) is 0.173. The molecular formula is C21H18N4O4. The number of hydrazone groups is 1. The molecule has 5 rings (SSSR count). The van der Waals surface area contributed by atoms with E-state index in [2.05, 4.69) is 15.1 Å². The van der Waals surface area contributed by atoms with Crippen molar-refractivity contribution in [3.8, 4) is 11.5 Å². The van der Waals surface area contributed by atoms with Gasteiger partial charge in [0.15, 0.2) is 11.5 Å². The molecule has 1 aromatic heterocycles. The van der Waals surface area contributed by atoms with Crippen molar-refractivity contribution in [3.05, 3.63) is 59.9 Å². The van der Waals surface area contributed by atoms with Gasteiger partial charge in [-0.3, -0.25) is 14.8 Å². The number of hydrogen-bond acceptors (Lipinski definition) is 7. The van der Waals surface area contributed by atoms with Gasteiger partial charge in [0.1, 0.15) is 6.61 Å². The Morgan fingerprint density at radius 2 is 1.93 bits per heavy atom. The summed E-state index contributed by atoms with van der Waals surface area (Å²) >= 11 is 0. The molecule has 2 aromatic carbocycles. The zero-order valence-electron chi connectivity index (χ0n) is 15.7. The van der Waals surface area contributed by atoms with Crippen LogP contribution >= 0.6 is 0 Å². The summed E-state index contributed by atoms with van der Waals surface area (Å²) in [5, 5.41) is 6.13. The van der Waals surface area contributed by atoms with Gasteiger partial charge in [0.05, 0.1) is 22.8 Å². The van der Waals surface area contributed by atoms with Crippen molar-refractivity contribution in [2.24, 2.45) is 5.10 Å². The number of aromatic nitrogens is 2. The van der Waals surface area contributed by atoms with Crippen molar-refractivity contribution >= 4 is 22.7 Å². The largest absolute Gasteiger partial charge is 0.454 e. The molecular weight excluding hydrogens is 372 g/mol. The maximum absolute atomic E-state index is 12.7. The van der Waals surface area contributed by atoms with Gasteiger partial charge in [-0.15, -0.1) is 0 Å². The van der Waals surface area contributed by atoms with Crippen molar-refractivity contribution in [1.29, 1.82) is 0 Å². The Morgan fingerprint density at radius 1 is 1.10 bits per heavy atom. The molecule has 2 aliphatic rings. The molecule has 29 heavy (non-hydrogen) atoms. The van der Waals surface area contributed by atoms with E-state index in [0.717, 1.165) is 27.9 Å². The number of benzene rings is 2. The number of ether oxygens (including phenoxy) is 3. The van der Waals surface area contributed by atoms with Gasteiger partial charge in [0.2, 0.25) is 6.79 Å². The minimum atomic E-state index is -0.246. The number of amides is 1. The predicted molar refractivity (Wildman–Crippen MR) is 105 cm³/mol. The van der Waals surface area contributed by atoms with Crippen LogP contribution in [0.15, 0.2) is 53.9 Å². The highest BCUT2D eigenvalue weighted by Crippen LogP contribution is 2.37. The summed E-state index contributed by atoms with van der Waals surface area (Å²) in [5.74, 6) is 1.20. The Labute approximate surface area is 166 Å². The lowest BCUT2D eigenvalue weighted by atomic mass is 9.97. The van der Waals surface area contributed by atoms with Crippen LogP contribution < -0.4 is 9.47 Å². The third-order valence-corrected chi connectivity index (χ3v) is 5.02. The molecule has 0 radical (unpaired) electrons. The molecule has 0 unspecified atom stereocenters. The van der Waals surface area contributed by atoms with Crippen LogP contribution in [0.4, 0.5) is 0 Å². The number of nitrogens with zero attached hydrogens (tertiary/aromatic N) is 4. The van der Waals surface area contributed by atoms with Crippen LogP contribution in [-0.4, -0.2) is 47.1 Å². The van der Waals surface area contributed by atoms with Crippen molar-refractivity contribution in [3.63, 3.8) is 0 Å². The molecule has 0 saturated heterocycles. The fourth-order valence-electron chi connectivity index (χ4n) is 3.63. The number of carbonyl (C=O) groups is 1. The first kappa shape index (κ1) is 17.6. The topological polar surface area (TPSA) is 86.1 Å². The van der Waals surface area contributed by atoms with E-state index in [1.54, 1.807) is 12.4 Å². The van der Waals surface area contributed by atoms with Crippen molar-refractivity contribution < 1.29 is 19.0 Å². The molecule has 0 N–H and O–H groups in total. The van der Waals surface area contributed by atoms with Crippen LogP contribution in [0.2, 0.25) is 0 Å². The van der Waals surface area contributed by atoms with Crippen LogP contribution in [0.25, 0.3) is 11.0 Å². The second-order valence-corrected chi connectivity index (χ2v) is 6.81. The van der Waals surface area contributed by atoms with Gasteiger partial charge < -0.3 is 14.2 Å². The first-order valence-electron chi connectivity index (χ1n) is 9.22. The summed E-state index contributed by atoms with van der Waals surface area (Å²) in [6.07, 6.45) is 3.89. The molecule has 1 amide bonds. The molecule has 3 heterocycles. The minimum absolute atomic E-state index is 0.0399. The van der Waals surface area contributed by atoms with E-state index in [1.807, 2.05) is 36.4 Å². The lowest BCUT2D eigenvalue weighted by molar-refractivity contribution is -0.137. The van der Waals surface area contributed by atoms with Crippen LogP contribution in [0.3, 0.4) is 0 Å². The predicted octanol–water partition coefficient (Wildman–Crippen LogP) is 2.68. The highest BCUT2D eigenvalue weighted by molar-refractivity contribution is 6.03. The fourth-order valence-corrected chi connectivity index (χ4v) is 3.63. The lowest BCUT2D eigenvalue weighted by Gasteiger charge is -2.21. The zero-order valence-corrected chi connectivity index (χ0v) is 15.7. The number of fused-ring (bicyclic) bond motifs is 2. The average molecular weight is 390 g/mol. The molecule has 0 spiro atoms. The smallest absolute Gasteiger partial charge is 0.269 e. The van der Waals surface area contributed by atoms with E-state index in [4.69, 9.17) is 14.2 Å². The molecule has 0 fully saturated rings. The van der Waals surface area contributed by atoms with Crippen molar-refractivity contribution in [2.45, 2.75) is 12.5 Å². The first-order valence-corrected chi connectivity index (χ1v) is 9.22. The van der Waals surface area contributed by atoms with Crippen molar-refractivity contribution in [1.82, 2.24) is 15.0 Å². The number of rotatable bonds is 4. The van der Waals surface area contributed by atoms with Crippen LogP contribution in [-0.2, 0) is 9.53 Å². The Bertz CT molecular complexity index is 1130.